The van der Waals surface area contributed by atoms with Crippen molar-refractivity contribution < 1.29 is 14.2 Å². The topological polar surface area (TPSA) is 39.7 Å². The van der Waals surface area contributed by atoms with Crippen molar-refractivity contribution in [1.29, 1.82) is 0 Å². The lowest BCUT2D eigenvalue weighted by Crippen LogP contribution is -2.40. The minimum atomic E-state index is -0.0260. The molecule has 0 aliphatic rings. The summed E-state index contributed by atoms with van der Waals surface area (Å²) in [5.41, 5.74) is 2.38. The lowest BCUT2D eigenvalue weighted by Gasteiger charge is -2.27. The Bertz CT molecular complexity index is 634. The second-order valence-corrected chi connectivity index (χ2v) is 6.43. The smallest absolute Gasteiger partial charge is 0.203 e. The van der Waals surface area contributed by atoms with Gasteiger partial charge >= 0.3 is 0 Å². The molecule has 0 spiro atoms. The van der Waals surface area contributed by atoms with Crippen LogP contribution in [-0.4, -0.2) is 26.9 Å². The van der Waals surface area contributed by atoms with Crippen LogP contribution in [0.15, 0.2) is 42.5 Å². The molecule has 2 rings (SSSR count). The summed E-state index contributed by atoms with van der Waals surface area (Å²) in [5, 5.41) is 3.61. The maximum atomic E-state index is 5.41. The number of ether oxygens (including phenoxy) is 3. The molecule has 0 aliphatic heterocycles. The molecule has 0 fully saturated rings. The molecule has 2 aromatic rings. The summed E-state index contributed by atoms with van der Waals surface area (Å²) in [6, 6.07) is 14.5. The Morgan fingerprint density at radius 2 is 1.40 bits per heavy atom. The molecule has 0 saturated heterocycles. The number of methoxy groups -OCH3 is 3. The second-order valence-electron chi connectivity index (χ2n) is 6.43. The van der Waals surface area contributed by atoms with Gasteiger partial charge in [-0.3, -0.25) is 0 Å². The van der Waals surface area contributed by atoms with E-state index in [1.165, 1.54) is 5.56 Å². The van der Waals surface area contributed by atoms with Gasteiger partial charge in [-0.15, -0.1) is 12.4 Å². The van der Waals surface area contributed by atoms with E-state index in [1.54, 1.807) is 21.3 Å². The molecule has 138 valence electrons. The first-order valence-corrected chi connectivity index (χ1v) is 8.07. The fourth-order valence-corrected chi connectivity index (χ4v) is 2.75. The molecule has 0 atom stereocenters. The maximum Gasteiger partial charge on any atom is 0.203 e. The normalized spacial score (nSPS) is 10.8. The maximum absolute atomic E-state index is 5.41. The zero-order chi connectivity index (χ0) is 17.6. The van der Waals surface area contributed by atoms with Crippen LogP contribution in [0, 0.1) is 0 Å². The third-order valence-electron chi connectivity index (χ3n) is 3.98. The number of halogens is 1. The van der Waals surface area contributed by atoms with Crippen molar-refractivity contribution in [3.8, 4) is 17.2 Å². The summed E-state index contributed by atoms with van der Waals surface area (Å²) in [6.07, 6.45) is 0.957. The van der Waals surface area contributed by atoms with E-state index in [-0.39, 0.29) is 17.9 Å². The van der Waals surface area contributed by atoms with Crippen molar-refractivity contribution >= 4 is 12.4 Å². The Morgan fingerprint density at radius 1 is 0.840 bits per heavy atom. The van der Waals surface area contributed by atoms with Gasteiger partial charge in [0.25, 0.3) is 0 Å². The van der Waals surface area contributed by atoms with Gasteiger partial charge in [-0.2, -0.15) is 0 Å². The lowest BCUT2D eigenvalue weighted by atomic mass is 9.94. The minimum Gasteiger partial charge on any atom is -0.493 e. The van der Waals surface area contributed by atoms with Crippen LogP contribution in [0.4, 0.5) is 0 Å². The van der Waals surface area contributed by atoms with E-state index in [0.29, 0.717) is 17.2 Å². The monoisotopic (exact) mass is 365 g/mol. The largest absolute Gasteiger partial charge is 0.493 e. The van der Waals surface area contributed by atoms with E-state index in [2.05, 4.69) is 43.4 Å². The van der Waals surface area contributed by atoms with E-state index in [0.717, 1.165) is 18.5 Å². The molecular formula is C20H28ClNO3. The van der Waals surface area contributed by atoms with Gasteiger partial charge in [0, 0.05) is 12.1 Å². The van der Waals surface area contributed by atoms with Crippen LogP contribution in [-0.2, 0) is 13.0 Å². The molecule has 0 bridgehead atoms. The summed E-state index contributed by atoms with van der Waals surface area (Å²) >= 11 is 0. The van der Waals surface area contributed by atoms with Gasteiger partial charge in [0.05, 0.1) is 21.3 Å². The summed E-state index contributed by atoms with van der Waals surface area (Å²) in [6.45, 7) is 5.13. The van der Waals surface area contributed by atoms with E-state index in [1.807, 2.05) is 18.2 Å². The van der Waals surface area contributed by atoms with E-state index in [9.17, 15) is 0 Å². The quantitative estimate of drug-likeness (QED) is 0.759. The van der Waals surface area contributed by atoms with Gasteiger partial charge in [0.1, 0.15) is 0 Å². The fourth-order valence-electron chi connectivity index (χ4n) is 2.75. The Labute approximate surface area is 156 Å². The van der Waals surface area contributed by atoms with Crippen molar-refractivity contribution in [2.75, 3.05) is 21.3 Å². The molecule has 4 nitrogen and oxygen atoms in total. The summed E-state index contributed by atoms with van der Waals surface area (Å²) in [5.74, 6) is 1.97. The molecule has 25 heavy (non-hydrogen) atoms. The molecule has 2 aromatic carbocycles. The predicted molar refractivity (Wildman–Crippen MR) is 104 cm³/mol. The van der Waals surface area contributed by atoms with Gasteiger partial charge in [-0.05, 0) is 43.5 Å². The number of hydrogen-bond donors (Lipinski definition) is 1. The molecule has 0 unspecified atom stereocenters. The highest BCUT2D eigenvalue weighted by Crippen LogP contribution is 2.38. The molecule has 0 aliphatic carbocycles. The van der Waals surface area contributed by atoms with Crippen LogP contribution < -0.4 is 19.5 Å². The summed E-state index contributed by atoms with van der Waals surface area (Å²) in [7, 11) is 4.88. The summed E-state index contributed by atoms with van der Waals surface area (Å²) < 4.78 is 16.2. The highest BCUT2D eigenvalue weighted by atomic mass is 35.5. The van der Waals surface area contributed by atoms with Gasteiger partial charge < -0.3 is 19.5 Å². The number of benzene rings is 2. The van der Waals surface area contributed by atoms with Crippen molar-refractivity contribution in [1.82, 2.24) is 5.32 Å². The first-order valence-electron chi connectivity index (χ1n) is 8.07. The zero-order valence-corrected chi connectivity index (χ0v) is 16.4. The minimum absolute atomic E-state index is 0. The molecular weight excluding hydrogens is 338 g/mol. The Kier molecular flexibility index (Phi) is 8.07. The highest BCUT2D eigenvalue weighted by Gasteiger charge is 2.19. The summed E-state index contributed by atoms with van der Waals surface area (Å²) in [4.78, 5) is 0. The van der Waals surface area contributed by atoms with Gasteiger partial charge in [-0.25, -0.2) is 0 Å². The third kappa shape index (κ3) is 5.83. The molecule has 5 heteroatoms. The van der Waals surface area contributed by atoms with E-state index in [4.69, 9.17) is 14.2 Å². The Morgan fingerprint density at radius 3 is 1.88 bits per heavy atom. The van der Waals surface area contributed by atoms with Crippen LogP contribution >= 0.6 is 12.4 Å². The molecule has 0 amide bonds. The lowest BCUT2D eigenvalue weighted by molar-refractivity contribution is 0.322. The number of nitrogens with one attached hydrogen (secondary N) is 1. The van der Waals surface area contributed by atoms with E-state index >= 15 is 0 Å². The zero-order valence-electron chi connectivity index (χ0n) is 15.6. The number of hydrogen-bond acceptors (Lipinski definition) is 4. The Balaban J connectivity index is 0.00000312. The van der Waals surface area contributed by atoms with Crippen LogP contribution in [0.5, 0.6) is 17.2 Å². The molecule has 0 aromatic heterocycles. The second kappa shape index (κ2) is 9.54. The van der Waals surface area contributed by atoms with Crippen LogP contribution in [0.1, 0.15) is 25.0 Å². The highest BCUT2D eigenvalue weighted by molar-refractivity contribution is 5.85. The molecule has 1 N–H and O–H groups in total. The number of rotatable bonds is 8. The van der Waals surface area contributed by atoms with Gasteiger partial charge in [0.15, 0.2) is 11.5 Å². The van der Waals surface area contributed by atoms with Gasteiger partial charge in [0.2, 0.25) is 5.75 Å². The van der Waals surface area contributed by atoms with Crippen molar-refractivity contribution in [2.45, 2.75) is 32.4 Å². The van der Waals surface area contributed by atoms with Crippen LogP contribution in [0.25, 0.3) is 0 Å². The van der Waals surface area contributed by atoms with Crippen LogP contribution in [0.2, 0.25) is 0 Å². The Hall–Kier alpha value is -1.91. The van der Waals surface area contributed by atoms with Crippen LogP contribution in [0.3, 0.4) is 0 Å². The standard InChI is InChI=1S/C20H27NO3.ClH/c1-20(2,13-15-9-7-6-8-10-15)21-14-16-11-17(22-3)19(24-5)18(12-16)23-4;/h6-12,21H,13-14H2,1-5H3;1H. The van der Waals surface area contributed by atoms with E-state index < -0.39 is 0 Å². The van der Waals surface area contributed by atoms with Gasteiger partial charge in [-0.1, -0.05) is 30.3 Å². The fraction of sp³-hybridized carbons (Fsp3) is 0.400. The van der Waals surface area contributed by atoms with Crippen molar-refractivity contribution in [3.63, 3.8) is 0 Å². The van der Waals surface area contributed by atoms with Crippen molar-refractivity contribution in [3.05, 3.63) is 53.6 Å². The molecule has 0 saturated carbocycles. The molecule has 0 radical (unpaired) electrons. The average Bonchev–Trinajstić information content (AvgIpc) is 2.59. The SMILES string of the molecule is COc1cc(CNC(C)(C)Cc2ccccc2)cc(OC)c1OC.Cl. The predicted octanol–water partition coefficient (Wildman–Crippen LogP) is 4.25. The third-order valence-corrected chi connectivity index (χ3v) is 3.98. The average molecular weight is 366 g/mol. The first-order chi connectivity index (χ1) is 11.5. The molecule has 0 heterocycles. The van der Waals surface area contributed by atoms with Crippen molar-refractivity contribution in [2.24, 2.45) is 0 Å². The first kappa shape index (κ1) is 21.1.